The molecule has 1 aromatic carbocycles. The lowest BCUT2D eigenvalue weighted by molar-refractivity contribution is 0.0201. The van der Waals surface area contributed by atoms with Gasteiger partial charge in [0.25, 0.3) is 0 Å². The quantitative estimate of drug-likeness (QED) is 0.836. The van der Waals surface area contributed by atoms with Gasteiger partial charge in [0, 0.05) is 13.0 Å². The van der Waals surface area contributed by atoms with Crippen LogP contribution in [-0.4, -0.2) is 28.8 Å². The van der Waals surface area contributed by atoms with E-state index in [0.29, 0.717) is 13.0 Å². The van der Waals surface area contributed by atoms with E-state index < -0.39 is 17.9 Å². The topological polar surface area (TPSA) is 29.5 Å². The number of alkyl halides is 1. The SMILES string of the molecule is CC(C)(C)OC(=O)N(Cc1ccccc1)[C@@H]1C[C@@H]1F. The number of carbonyl (C=O) groups excluding carboxylic acids is 1. The molecule has 0 aromatic heterocycles. The zero-order chi connectivity index (χ0) is 14.0. The molecule has 1 aliphatic carbocycles. The second-order valence-electron chi connectivity index (χ2n) is 5.91. The van der Waals surface area contributed by atoms with Crippen LogP contribution in [0.5, 0.6) is 0 Å². The Morgan fingerprint density at radius 3 is 2.42 bits per heavy atom. The Balaban J connectivity index is 2.06. The van der Waals surface area contributed by atoms with Crippen LogP contribution in [0.4, 0.5) is 9.18 Å². The third kappa shape index (κ3) is 3.94. The van der Waals surface area contributed by atoms with Crippen LogP contribution < -0.4 is 0 Å². The molecule has 0 N–H and O–H groups in total. The van der Waals surface area contributed by atoms with Crippen LogP contribution >= 0.6 is 0 Å². The number of ether oxygens (including phenoxy) is 1. The normalized spacial score (nSPS) is 21.9. The first-order chi connectivity index (χ1) is 8.87. The van der Waals surface area contributed by atoms with Gasteiger partial charge in [-0.1, -0.05) is 30.3 Å². The van der Waals surface area contributed by atoms with Gasteiger partial charge in [-0.15, -0.1) is 0 Å². The first-order valence-electron chi connectivity index (χ1n) is 6.54. The highest BCUT2D eigenvalue weighted by molar-refractivity contribution is 5.69. The molecule has 0 saturated heterocycles. The Bertz CT molecular complexity index is 441. The average Bonchev–Trinajstić information content (AvgIpc) is 3.02. The van der Waals surface area contributed by atoms with E-state index in [0.717, 1.165) is 5.56 Å². The number of benzene rings is 1. The molecule has 1 aromatic rings. The number of halogens is 1. The van der Waals surface area contributed by atoms with Crippen molar-refractivity contribution < 1.29 is 13.9 Å². The Labute approximate surface area is 113 Å². The molecule has 0 heterocycles. The summed E-state index contributed by atoms with van der Waals surface area (Å²) in [7, 11) is 0. The predicted molar refractivity (Wildman–Crippen MR) is 71.5 cm³/mol. The van der Waals surface area contributed by atoms with Crippen molar-refractivity contribution in [2.45, 2.75) is 51.6 Å². The summed E-state index contributed by atoms with van der Waals surface area (Å²) < 4.78 is 18.6. The van der Waals surface area contributed by atoms with Gasteiger partial charge in [0.05, 0.1) is 6.04 Å². The van der Waals surface area contributed by atoms with Crippen LogP contribution in [0.15, 0.2) is 30.3 Å². The maximum atomic E-state index is 13.3. The summed E-state index contributed by atoms with van der Waals surface area (Å²) in [6, 6.07) is 9.23. The van der Waals surface area contributed by atoms with Gasteiger partial charge in [-0.05, 0) is 26.3 Å². The smallest absolute Gasteiger partial charge is 0.410 e. The molecule has 2 rings (SSSR count). The maximum Gasteiger partial charge on any atom is 0.410 e. The molecule has 1 saturated carbocycles. The van der Waals surface area contributed by atoms with Gasteiger partial charge >= 0.3 is 6.09 Å². The molecule has 104 valence electrons. The number of hydrogen-bond acceptors (Lipinski definition) is 2. The van der Waals surface area contributed by atoms with E-state index in [4.69, 9.17) is 4.74 Å². The zero-order valence-corrected chi connectivity index (χ0v) is 11.6. The van der Waals surface area contributed by atoms with Crippen LogP contribution in [0.1, 0.15) is 32.8 Å². The van der Waals surface area contributed by atoms with Crippen LogP contribution in [-0.2, 0) is 11.3 Å². The summed E-state index contributed by atoms with van der Waals surface area (Å²) in [5.41, 5.74) is 0.416. The molecule has 4 heteroatoms. The number of hydrogen-bond donors (Lipinski definition) is 0. The average molecular weight is 265 g/mol. The lowest BCUT2D eigenvalue weighted by atomic mass is 10.2. The minimum absolute atomic E-state index is 0.338. The minimum Gasteiger partial charge on any atom is -0.444 e. The number of amides is 1. The molecular formula is C15H20FNO2. The summed E-state index contributed by atoms with van der Waals surface area (Å²) in [5, 5.41) is 0. The van der Waals surface area contributed by atoms with Crippen molar-refractivity contribution in [1.29, 1.82) is 0 Å². The molecule has 0 aliphatic heterocycles. The van der Waals surface area contributed by atoms with E-state index in [1.807, 2.05) is 51.1 Å². The molecule has 1 aliphatic rings. The highest BCUT2D eigenvalue weighted by Gasteiger charge is 2.45. The molecular weight excluding hydrogens is 245 g/mol. The Morgan fingerprint density at radius 2 is 1.95 bits per heavy atom. The molecule has 3 nitrogen and oxygen atoms in total. The molecule has 0 radical (unpaired) electrons. The van der Waals surface area contributed by atoms with E-state index in [1.54, 1.807) is 0 Å². The van der Waals surface area contributed by atoms with Crippen molar-refractivity contribution in [3.05, 3.63) is 35.9 Å². The zero-order valence-electron chi connectivity index (χ0n) is 11.6. The van der Waals surface area contributed by atoms with Crippen molar-refractivity contribution >= 4 is 6.09 Å². The number of rotatable bonds is 3. The fraction of sp³-hybridized carbons (Fsp3) is 0.533. The highest BCUT2D eigenvalue weighted by Crippen LogP contribution is 2.33. The van der Waals surface area contributed by atoms with E-state index >= 15 is 0 Å². The summed E-state index contributed by atoms with van der Waals surface area (Å²) in [6.45, 7) is 5.82. The third-order valence-electron chi connectivity index (χ3n) is 2.91. The van der Waals surface area contributed by atoms with Crippen LogP contribution in [0.3, 0.4) is 0 Å². The van der Waals surface area contributed by atoms with E-state index in [-0.39, 0.29) is 6.04 Å². The number of carbonyl (C=O) groups is 1. The summed E-state index contributed by atoms with van der Waals surface area (Å²) in [4.78, 5) is 13.6. The van der Waals surface area contributed by atoms with Gasteiger partial charge in [-0.3, -0.25) is 4.90 Å². The monoisotopic (exact) mass is 265 g/mol. The lowest BCUT2D eigenvalue weighted by Gasteiger charge is -2.27. The maximum absolute atomic E-state index is 13.3. The second-order valence-corrected chi connectivity index (χ2v) is 5.91. The summed E-state index contributed by atoms with van der Waals surface area (Å²) in [5.74, 6) is 0. The van der Waals surface area contributed by atoms with Crippen molar-refractivity contribution in [1.82, 2.24) is 4.90 Å². The molecule has 0 unspecified atom stereocenters. The summed E-state index contributed by atoms with van der Waals surface area (Å²) in [6.07, 6.45) is -0.954. The van der Waals surface area contributed by atoms with Gasteiger partial charge in [-0.25, -0.2) is 9.18 Å². The Kier molecular flexibility index (Phi) is 3.78. The predicted octanol–water partition coefficient (Wildman–Crippen LogP) is 3.53. The van der Waals surface area contributed by atoms with Gasteiger partial charge in [0.2, 0.25) is 0 Å². The van der Waals surface area contributed by atoms with Crippen molar-refractivity contribution in [3.8, 4) is 0 Å². The van der Waals surface area contributed by atoms with Crippen LogP contribution in [0.2, 0.25) is 0 Å². The molecule has 0 bridgehead atoms. The first-order valence-corrected chi connectivity index (χ1v) is 6.54. The van der Waals surface area contributed by atoms with Gasteiger partial charge in [0.15, 0.2) is 0 Å². The molecule has 2 atom stereocenters. The molecule has 0 spiro atoms. The van der Waals surface area contributed by atoms with Gasteiger partial charge in [0.1, 0.15) is 11.8 Å². The first kappa shape index (κ1) is 13.8. The van der Waals surface area contributed by atoms with Crippen molar-refractivity contribution in [3.63, 3.8) is 0 Å². The van der Waals surface area contributed by atoms with Gasteiger partial charge in [-0.2, -0.15) is 0 Å². The lowest BCUT2D eigenvalue weighted by Crippen LogP contribution is -2.38. The fourth-order valence-electron chi connectivity index (χ4n) is 1.89. The third-order valence-corrected chi connectivity index (χ3v) is 2.91. The Hall–Kier alpha value is -1.58. The fourth-order valence-corrected chi connectivity index (χ4v) is 1.89. The standard InChI is InChI=1S/C15H20FNO2/c1-15(2,3)19-14(18)17(13-9-12(13)16)10-11-7-5-4-6-8-11/h4-8,12-13H,9-10H2,1-3H3/t12-,13+/m0/s1. The molecule has 1 amide bonds. The number of nitrogens with zero attached hydrogens (tertiary/aromatic N) is 1. The van der Waals surface area contributed by atoms with E-state index in [9.17, 15) is 9.18 Å². The van der Waals surface area contributed by atoms with E-state index in [1.165, 1.54) is 4.90 Å². The molecule has 1 fully saturated rings. The second kappa shape index (κ2) is 5.19. The molecule has 19 heavy (non-hydrogen) atoms. The van der Waals surface area contributed by atoms with Crippen LogP contribution in [0.25, 0.3) is 0 Å². The highest BCUT2D eigenvalue weighted by atomic mass is 19.1. The Morgan fingerprint density at radius 1 is 1.37 bits per heavy atom. The minimum atomic E-state index is -0.920. The van der Waals surface area contributed by atoms with Crippen molar-refractivity contribution in [2.24, 2.45) is 0 Å². The largest absolute Gasteiger partial charge is 0.444 e. The summed E-state index contributed by atoms with van der Waals surface area (Å²) >= 11 is 0. The van der Waals surface area contributed by atoms with Crippen molar-refractivity contribution in [2.75, 3.05) is 0 Å². The van der Waals surface area contributed by atoms with E-state index in [2.05, 4.69) is 0 Å². The van der Waals surface area contributed by atoms with Crippen LogP contribution in [0, 0.1) is 0 Å². The van der Waals surface area contributed by atoms with Gasteiger partial charge < -0.3 is 4.74 Å².